The van der Waals surface area contributed by atoms with Crippen LogP contribution in [0, 0.1) is 19.8 Å². The van der Waals surface area contributed by atoms with Crippen molar-refractivity contribution in [2.24, 2.45) is 5.92 Å². The number of amides is 2. The maximum atomic E-state index is 12.4. The maximum absolute atomic E-state index is 12.4. The Balaban J connectivity index is 1.57. The third-order valence-corrected chi connectivity index (χ3v) is 5.50. The van der Waals surface area contributed by atoms with Gasteiger partial charge in [0.1, 0.15) is 0 Å². The van der Waals surface area contributed by atoms with Crippen LogP contribution in [0.1, 0.15) is 17.5 Å². The van der Waals surface area contributed by atoms with Crippen molar-refractivity contribution >= 4 is 52.4 Å². The van der Waals surface area contributed by atoms with E-state index in [0.717, 1.165) is 16.8 Å². The average molecular weight is 435 g/mol. The molecule has 1 atom stereocenters. The van der Waals surface area contributed by atoms with Gasteiger partial charge in [0.2, 0.25) is 5.91 Å². The zero-order valence-electron chi connectivity index (χ0n) is 16.0. The minimum atomic E-state index is -0.620. The summed E-state index contributed by atoms with van der Waals surface area (Å²) in [5.74, 6) is -1.89. The molecule has 2 aromatic rings. The van der Waals surface area contributed by atoms with Gasteiger partial charge in [-0.05, 0) is 43.2 Å². The van der Waals surface area contributed by atoms with Gasteiger partial charge in [-0.15, -0.1) is 0 Å². The molecule has 29 heavy (non-hydrogen) atoms. The van der Waals surface area contributed by atoms with Crippen molar-refractivity contribution in [2.45, 2.75) is 20.3 Å². The van der Waals surface area contributed by atoms with Crippen LogP contribution in [-0.4, -0.2) is 30.9 Å². The van der Waals surface area contributed by atoms with E-state index < -0.39 is 24.4 Å². The molecule has 1 saturated heterocycles. The Bertz CT molecular complexity index is 977. The summed E-state index contributed by atoms with van der Waals surface area (Å²) < 4.78 is 5.11. The van der Waals surface area contributed by atoms with Gasteiger partial charge in [0.15, 0.2) is 6.61 Å². The summed E-state index contributed by atoms with van der Waals surface area (Å²) in [6, 6.07) is 10.7. The van der Waals surface area contributed by atoms with Crippen molar-refractivity contribution in [1.82, 2.24) is 0 Å². The van der Waals surface area contributed by atoms with E-state index >= 15 is 0 Å². The van der Waals surface area contributed by atoms with Crippen molar-refractivity contribution in [1.29, 1.82) is 0 Å². The van der Waals surface area contributed by atoms with Gasteiger partial charge in [-0.25, -0.2) is 0 Å². The molecule has 1 heterocycles. The van der Waals surface area contributed by atoms with Crippen molar-refractivity contribution in [3.63, 3.8) is 0 Å². The summed E-state index contributed by atoms with van der Waals surface area (Å²) in [7, 11) is 0. The molecular formula is C21H20Cl2N2O4. The number of ether oxygens (including phenoxy) is 1. The fraction of sp³-hybridized carbons (Fsp3) is 0.286. The lowest BCUT2D eigenvalue weighted by molar-refractivity contribution is -0.151. The molecule has 0 spiro atoms. The predicted molar refractivity (Wildman–Crippen MR) is 112 cm³/mol. The van der Waals surface area contributed by atoms with E-state index in [2.05, 4.69) is 5.32 Å². The molecule has 0 radical (unpaired) electrons. The molecule has 1 aliphatic heterocycles. The molecule has 2 aromatic carbocycles. The maximum Gasteiger partial charge on any atom is 0.311 e. The number of aryl methyl sites for hydroxylation is 2. The number of rotatable bonds is 5. The van der Waals surface area contributed by atoms with Crippen molar-refractivity contribution in [3.8, 4) is 0 Å². The van der Waals surface area contributed by atoms with Crippen LogP contribution in [0.3, 0.4) is 0 Å². The number of carbonyl (C=O) groups excluding carboxylic acids is 3. The van der Waals surface area contributed by atoms with Gasteiger partial charge in [-0.1, -0.05) is 41.4 Å². The standard InChI is InChI=1S/C21H20Cl2N2O4/c1-12-6-7-13(2)17(8-12)25-10-14(9-19(25)27)21(28)29-11-18(26)24-16-5-3-4-15(22)20(16)23/h3-8,14H,9-11H2,1-2H3,(H,24,26)/t14-/m1/s1. The number of hydrogen-bond acceptors (Lipinski definition) is 4. The minimum Gasteiger partial charge on any atom is -0.455 e. The molecule has 1 N–H and O–H groups in total. The van der Waals surface area contributed by atoms with Crippen molar-refractivity contribution in [3.05, 3.63) is 57.6 Å². The average Bonchev–Trinajstić information content (AvgIpc) is 3.07. The van der Waals surface area contributed by atoms with Gasteiger partial charge in [-0.3, -0.25) is 14.4 Å². The van der Waals surface area contributed by atoms with Crippen LogP contribution in [0.4, 0.5) is 11.4 Å². The first-order chi connectivity index (χ1) is 13.8. The van der Waals surface area contributed by atoms with E-state index in [9.17, 15) is 14.4 Å². The topological polar surface area (TPSA) is 75.7 Å². The number of anilines is 2. The molecule has 8 heteroatoms. The van der Waals surface area contributed by atoms with E-state index in [1.54, 1.807) is 23.1 Å². The number of nitrogens with zero attached hydrogens (tertiary/aromatic N) is 1. The molecule has 6 nitrogen and oxygen atoms in total. The normalized spacial score (nSPS) is 16.1. The van der Waals surface area contributed by atoms with Crippen LogP contribution in [0.2, 0.25) is 10.0 Å². The van der Waals surface area contributed by atoms with Gasteiger partial charge in [0.05, 0.1) is 21.7 Å². The van der Waals surface area contributed by atoms with Gasteiger partial charge >= 0.3 is 5.97 Å². The molecule has 2 amide bonds. The lowest BCUT2D eigenvalue weighted by Gasteiger charge is -2.19. The van der Waals surface area contributed by atoms with Crippen LogP contribution >= 0.6 is 23.2 Å². The zero-order chi connectivity index (χ0) is 21.1. The summed E-state index contributed by atoms with van der Waals surface area (Å²) in [6.07, 6.45) is 0.0496. The first kappa shape index (κ1) is 21.1. The Labute approximate surface area is 178 Å². The number of halogens is 2. The van der Waals surface area contributed by atoms with Crippen LogP contribution in [0.15, 0.2) is 36.4 Å². The first-order valence-corrected chi connectivity index (χ1v) is 9.80. The van der Waals surface area contributed by atoms with Gasteiger partial charge in [-0.2, -0.15) is 0 Å². The highest BCUT2D eigenvalue weighted by Crippen LogP contribution is 2.30. The SMILES string of the molecule is Cc1ccc(C)c(N2C[C@H](C(=O)OCC(=O)Nc3cccc(Cl)c3Cl)CC2=O)c1. The second-order valence-corrected chi connectivity index (χ2v) is 7.74. The number of benzene rings is 2. The number of hydrogen-bond donors (Lipinski definition) is 1. The smallest absolute Gasteiger partial charge is 0.311 e. The van der Waals surface area contributed by atoms with Crippen molar-refractivity contribution in [2.75, 3.05) is 23.4 Å². The second-order valence-electron chi connectivity index (χ2n) is 6.95. The first-order valence-electron chi connectivity index (χ1n) is 9.04. The quantitative estimate of drug-likeness (QED) is 0.717. The Morgan fingerprint density at radius 1 is 1.21 bits per heavy atom. The van der Waals surface area contributed by atoms with Crippen LogP contribution in [-0.2, 0) is 19.1 Å². The second kappa shape index (κ2) is 8.84. The summed E-state index contributed by atoms with van der Waals surface area (Å²) in [5, 5.41) is 3.06. The predicted octanol–water partition coefficient (Wildman–Crippen LogP) is 4.15. The van der Waals surface area contributed by atoms with Gasteiger partial charge < -0.3 is 15.0 Å². The molecule has 1 fully saturated rings. The molecular weight excluding hydrogens is 415 g/mol. The summed E-state index contributed by atoms with van der Waals surface area (Å²) in [4.78, 5) is 38.4. The summed E-state index contributed by atoms with van der Waals surface area (Å²) >= 11 is 11.9. The molecule has 0 bridgehead atoms. The Morgan fingerprint density at radius 3 is 2.72 bits per heavy atom. The lowest BCUT2D eigenvalue weighted by Crippen LogP contribution is -2.28. The number of carbonyl (C=O) groups is 3. The highest BCUT2D eigenvalue weighted by Gasteiger charge is 2.36. The molecule has 3 rings (SSSR count). The molecule has 0 aliphatic carbocycles. The summed E-state index contributed by atoms with van der Waals surface area (Å²) in [5.41, 5.74) is 3.10. The zero-order valence-corrected chi connectivity index (χ0v) is 17.5. The van der Waals surface area contributed by atoms with Crippen molar-refractivity contribution < 1.29 is 19.1 Å². The number of nitrogens with one attached hydrogen (secondary N) is 1. The third kappa shape index (κ3) is 4.89. The van der Waals surface area contributed by atoms with Gasteiger partial charge in [0, 0.05) is 18.7 Å². The molecule has 152 valence electrons. The molecule has 1 aliphatic rings. The third-order valence-electron chi connectivity index (χ3n) is 4.69. The minimum absolute atomic E-state index is 0.0496. The lowest BCUT2D eigenvalue weighted by atomic mass is 10.1. The van der Waals surface area contributed by atoms with E-state index in [4.69, 9.17) is 27.9 Å². The van der Waals surface area contributed by atoms with E-state index in [0.29, 0.717) is 10.7 Å². The highest BCUT2D eigenvalue weighted by molar-refractivity contribution is 6.44. The van der Waals surface area contributed by atoms with Crippen LogP contribution in [0.25, 0.3) is 0 Å². The monoisotopic (exact) mass is 434 g/mol. The fourth-order valence-electron chi connectivity index (χ4n) is 3.15. The van der Waals surface area contributed by atoms with Gasteiger partial charge in [0.25, 0.3) is 5.91 Å². The Hall–Kier alpha value is -2.57. The van der Waals surface area contributed by atoms with Crippen LogP contribution in [0.5, 0.6) is 0 Å². The Kier molecular flexibility index (Phi) is 6.45. The number of esters is 1. The molecule has 0 aromatic heterocycles. The largest absolute Gasteiger partial charge is 0.455 e. The van der Waals surface area contributed by atoms with E-state index in [1.165, 1.54) is 0 Å². The highest BCUT2D eigenvalue weighted by atomic mass is 35.5. The molecule has 0 unspecified atom stereocenters. The fourth-order valence-corrected chi connectivity index (χ4v) is 3.50. The van der Waals surface area contributed by atoms with E-state index in [-0.39, 0.29) is 23.9 Å². The summed E-state index contributed by atoms with van der Waals surface area (Å²) in [6.45, 7) is 3.61. The van der Waals surface area contributed by atoms with E-state index in [1.807, 2.05) is 32.0 Å². The van der Waals surface area contributed by atoms with Crippen LogP contribution < -0.4 is 10.2 Å². The Morgan fingerprint density at radius 2 is 1.97 bits per heavy atom. The molecule has 0 saturated carbocycles.